The molecule has 3 aliphatic heterocycles. The Bertz CT molecular complexity index is 1560. The minimum Gasteiger partial charge on any atom is -0.505 e. The first kappa shape index (κ1) is 28.0. The van der Waals surface area contributed by atoms with Gasteiger partial charge in [-0.1, -0.05) is 41.9 Å². The van der Waals surface area contributed by atoms with E-state index in [0.717, 1.165) is 31.7 Å². The topological polar surface area (TPSA) is 81.2 Å². The van der Waals surface area contributed by atoms with Crippen LogP contribution in [0.15, 0.2) is 65.6 Å². The molecular formula is C31H33ClFN3O4S. The molecule has 0 spiro atoms. The summed E-state index contributed by atoms with van der Waals surface area (Å²) >= 11 is 6.17. The van der Waals surface area contributed by atoms with Gasteiger partial charge in [-0.3, -0.25) is 4.79 Å². The number of hydrogen-bond donors (Lipinski definition) is 1. The molecule has 41 heavy (non-hydrogen) atoms. The molecule has 0 aliphatic carbocycles. The summed E-state index contributed by atoms with van der Waals surface area (Å²) < 4.78 is 42.7. The molecule has 3 saturated heterocycles. The fraction of sp³-hybridized carbons (Fsp3) is 0.387. The first-order chi connectivity index (χ1) is 19.6. The van der Waals surface area contributed by atoms with E-state index in [2.05, 4.69) is 17.0 Å². The average Bonchev–Trinajstić information content (AvgIpc) is 3.22. The lowest BCUT2D eigenvalue weighted by Gasteiger charge is -2.43. The van der Waals surface area contributed by atoms with Crippen LogP contribution in [0.1, 0.15) is 53.1 Å². The normalized spacial score (nSPS) is 21.8. The summed E-state index contributed by atoms with van der Waals surface area (Å²) in [5.74, 6) is -0.371. The van der Waals surface area contributed by atoms with Crippen molar-refractivity contribution in [2.75, 3.05) is 31.1 Å². The fourth-order valence-electron chi connectivity index (χ4n) is 6.67. The summed E-state index contributed by atoms with van der Waals surface area (Å²) in [5.41, 5.74) is 2.48. The minimum absolute atomic E-state index is 0.0602. The highest BCUT2D eigenvalue weighted by Crippen LogP contribution is 2.43. The molecule has 3 aromatic carbocycles. The van der Waals surface area contributed by atoms with E-state index in [-0.39, 0.29) is 39.2 Å². The van der Waals surface area contributed by atoms with Gasteiger partial charge in [-0.15, -0.1) is 0 Å². The van der Waals surface area contributed by atoms with Gasteiger partial charge in [-0.05, 0) is 80.0 Å². The van der Waals surface area contributed by atoms with Gasteiger partial charge < -0.3 is 14.9 Å². The Morgan fingerprint density at radius 3 is 2.24 bits per heavy atom. The second-order valence-corrected chi connectivity index (χ2v) is 13.7. The van der Waals surface area contributed by atoms with E-state index in [1.807, 2.05) is 18.2 Å². The van der Waals surface area contributed by atoms with Crippen LogP contribution in [0.2, 0.25) is 5.02 Å². The molecule has 2 bridgehead atoms. The molecule has 1 N–H and O–H groups in total. The van der Waals surface area contributed by atoms with Gasteiger partial charge in [0, 0.05) is 38.3 Å². The van der Waals surface area contributed by atoms with E-state index < -0.39 is 15.8 Å². The summed E-state index contributed by atoms with van der Waals surface area (Å²) in [7, 11) is -3.77. The maximum absolute atomic E-state index is 13.8. The molecule has 6 rings (SSSR count). The lowest BCUT2D eigenvalue weighted by molar-refractivity contribution is 0.0718. The predicted molar refractivity (Wildman–Crippen MR) is 157 cm³/mol. The van der Waals surface area contributed by atoms with Gasteiger partial charge in [-0.25, -0.2) is 12.8 Å². The fourth-order valence-corrected chi connectivity index (χ4v) is 8.50. The number of rotatable bonds is 5. The van der Waals surface area contributed by atoms with Crippen molar-refractivity contribution in [2.24, 2.45) is 0 Å². The smallest absolute Gasteiger partial charge is 0.255 e. The zero-order valence-electron chi connectivity index (χ0n) is 22.8. The van der Waals surface area contributed by atoms with Gasteiger partial charge in [0.25, 0.3) is 5.91 Å². The van der Waals surface area contributed by atoms with E-state index in [1.165, 1.54) is 17.7 Å². The number of aromatic hydroxyl groups is 1. The van der Waals surface area contributed by atoms with Crippen LogP contribution in [0.25, 0.3) is 0 Å². The molecule has 3 fully saturated rings. The number of fused-ring (bicyclic) bond motifs is 2. The van der Waals surface area contributed by atoms with Gasteiger partial charge in [0.15, 0.2) is 0 Å². The van der Waals surface area contributed by atoms with Crippen molar-refractivity contribution in [3.8, 4) is 5.75 Å². The molecule has 216 valence electrons. The van der Waals surface area contributed by atoms with Gasteiger partial charge in [0.05, 0.1) is 21.2 Å². The summed E-state index contributed by atoms with van der Waals surface area (Å²) in [5, 5.41) is 11.2. The zero-order valence-corrected chi connectivity index (χ0v) is 24.4. The molecule has 1 amide bonds. The number of benzene rings is 3. The van der Waals surface area contributed by atoms with E-state index in [9.17, 15) is 22.7 Å². The number of sulfonamides is 1. The van der Waals surface area contributed by atoms with Gasteiger partial charge in [0.2, 0.25) is 10.0 Å². The van der Waals surface area contributed by atoms with Crippen molar-refractivity contribution in [1.29, 1.82) is 0 Å². The molecule has 0 saturated carbocycles. The predicted octanol–water partition coefficient (Wildman–Crippen LogP) is 5.55. The number of nitrogens with zero attached hydrogens (tertiary/aromatic N) is 3. The standard InChI is InChI=1S/C31H33ClFN3O4S/c1-20-15-26(41(39,40)35-13-11-22(12-14-35)21-5-3-2-4-6-21)17-29(30(20)37)36-24-8-9-25(36)19-34(18-24)31(38)27-10-7-23(33)16-28(27)32/h2-7,10,15-17,22,24-25,37H,8-9,11-14,18-19H2,1H3/t24-,25+. The van der Waals surface area contributed by atoms with Crippen LogP contribution >= 0.6 is 11.6 Å². The number of carbonyl (C=O) groups excluding carboxylic acids is 1. The minimum atomic E-state index is -3.77. The molecule has 3 aliphatic rings. The highest BCUT2D eigenvalue weighted by atomic mass is 35.5. The van der Waals surface area contributed by atoms with Crippen LogP contribution in [0.5, 0.6) is 5.75 Å². The van der Waals surface area contributed by atoms with E-state index in [0.29, 0.717) is 43.3 Å². The van der Waals surface area contributed by atoms with E-state index >= 15 is 0 Å². The monoisotopic (exact) mass is 597 g/mol. The zero-order chi connectivity index (χ0) is 28.9. The summed E-state index contributed by atoms with van der Waals surface area (Å²) in [4.78, 5) is 17.2. The number of hydrogen-bond acceptors (Lipinski definition) is 5. The van der Waals surface area contributed by atoms with Gasteiger partial charge in [-0.2, -0.15) is 4.31 Å². The number of halogens is 2. The van der Waals surface area contributed by atoms with Crippen LogP contribution in [-0.4, -0.2) is 66.9 Å². The lowest BCUT2D eigenvalue weighted by Crippen LogP contribution is -2.55. The number of phenolic OH excluding ortho intramolecular Hbond substituents is 1. The number of phenols is 1. The SMILES string of the molecule is Cc1cc(S(=O)(=O)N2CCC(c3ccccc3)CC2)cc(N2[C@@H]3CC[C@H]2CN(C(=O)c2ccc(F)cc2Cl)C3)c1O. The van der Waals surface area contributed by atoms with Crippen LogP contribution < -0.4 is 4.90 Å². The molecule has 0 radical (unpaired) electrons. The number of anilines is 1. The van der Waals surface area contributed by atoms with Crippen LogP contribution in [0.4, 0.5) is 10.1 Å². The van der Waals surface area contributed by atoms with Crippen molar-refractivity contribution < 1.29 is 22.7 Å². The Hall–Kier alpha value is -3.14. The van der Waals surface area contributed by atoms with Crippen molar-refractivity contribution in [1.82, 2.24) is 9.21 Å². The van der Waals surface area contributed by atoms with E-state index in [4.69, 9.17) is 11.6 Å². The van der Waals surface area contributed by atoms with Crippen LogP contribution in [-0.2, 0) is 10.0 Å². The maximum atomic E-state index is 13.8. The highest BCUT2D eigenvalue weighted by molar-refractivity contribution is 7.89. The third kappa shape index (κ3) is 5.19. The quantitative estimate of drug-likeness (QED) is 0.417. The molecular weight excluding hydrogens is 565 g/mol. The number of amides is 1. The Morgan fingerprint density at radius 2 is 1.61 bits per heavy atom. The number of likely N-dealkylation sites (tertiary alicyclic amines) is 1. The van der Waals surface area contributed by atoms with Crippen LogP contribution in [0, 0.1) is 12.7 Å². The maximum Gasteiger partial charge on any atom is 0.255 e. The number of piperazine rings is 1. The third-order valence-corrected chi connectivity index (χ3v) is 11.0. The van der Waals surface area contributed by atoms with Crippen molar-refractivity contribution in [3.05, 3.63) is 88.2 Å². The second-order valence-electron chi connectivity index (χ2n) is 11.3. The van der Waals surface area contributed by atoms with Crippen molar-refractivity contribution in [2.45, 2.75) is 55.5 Å². The molecule has 10 heteroatoms. The first-order valence-electron chi connectivity index (χ1n) is 14.0. The Kier molecular flexibility index (Phi) is 7.46. The van der Waals surface area contributed by atoms with Gasteiger partial charge >= 0.3 is 0 Å². The molecule has 2 atom stereocenters. The number of carbonyl (C=O) groups is 1. The Labute approximate surface area is 245 Å². The molecule has 7 nitrogen and oxygen atoms in total. The molecule has 0 unspecified atom stereocenters. The Balaban J connectivity index is 1.22. The number of aryl methyl sites for hydroxylation is 1. The van der Waals surface area contributed by atoms with Crippen molar-refractivity contribution >= 4 is 33.2 Å². The van der Waals surface area contributed by atoms with E-state index in [1.54, 1.807) is 28.3 Å². The second kappa shape index (κ2) is 10.9. The Morgan fingerprint density at radius 1 is 0.951 bits per heavy atom. The summed E-state index contributed by atoms with van der Waals surface area (Å²) in [6, 6.07) is 16.9. The summed E-state index contributed by atoms with van der Waals surface area (Å²) in [6.45, 7) is 3.39. The van der Waals surface area contributed by atoms with Gasteiger partial charge in [0.1, 0.15) is 11.6 Å². The molecule has 0 aromatic heterocycles. The summed E-state index contributed by atoms with van der Waals surface area (Å²) in [6.07, 6.45) is 3.11. The third-order valence-electron chi connectivity index (χ3n) is 8.83. The molecule has 3 heterocycles. The molecule has 3 aromatic rings. The largest absolute Gasteiger partial charge is 0.505 e. The van der Waals surface area contributed by atoms with Crippen LogP contribution in [0.3, 0.4) is 0 Å². The lowest BCUT2D eigenvalue weighted by atomic mass is 9.90. The number of piperidine rings is 1. The highest BCUT2D eigenvalue weighted by Gasteiger charge is 2.43. The first-order valence-corrected chi connectivity index (χ1v) is 15.9. The average molecular weight is 598 g/mol. The van der Waals surface area contributed by atoms with Crippen molar-refractivity contribution in [3.63, 3.8) is 0 Å².